The molecule has 0 aliphatic carbocycles. The Kier molecular flexibility index (Phi) is 4.78. The van der Waals surface area contributed by atoms with Gasteiger partial charge in [0.25, 0.3) is 0 Å². The molecule has 0 radical (unpaired) electrons. The minimum absolute atomic E-state index is 0.104. The van der Waals surface area contributed by atoms with Crippen LogP contribution < -0.4 is 5.32 Å². The number of hydrogen-bond donors (Lipinski definition) is 2. The van der Waals surface area contributed by atoms with Crippen molar-refractivity contribution in [3.63, 3.8) is 0 Å². The first-order chi connectivity index (χ1) is 11.8. The van der Waals surface area contributed by atoms with Crippen molar-refractivity contribution in [1.29, 1.82) is 0 Å². The molecule has 1 fully saturated rings. The van der Waals surface area contributed by atoms with Crippen LogP contribution >= 0.6 is 0 Å². The van der Waals surface area contributed by atoms with Gasteiger partial charge in [-0.3, -0.25) is 5.10 Å². The predicted octanol–water partition coefficient (Wildman–Crippen LogP) is 2.74. The van der Waals surface area contributed by atoms with Crippen LogP contribution in [0.5, 0.6) is 0 Å². The minimum atomic E-state index is -0.330. The zero-order chi connectivity index (χ0) is 18.0. The number of nitrogens with zero attached hydrogens (tertiary/aromatic N) is 4. The SMILES string of the molecule is C[C@@H](NC(=O)N1CCC[C@H](c2ccn[nH]2)C1)c1nc(C(C)(C)C)no1. The summed E-state index contributed by atoms with van der Waals surface area (Å²) in [5.41, 5.74) is 0.896. The molecule has 2 amide bonds. The van der Waals surface area contributed by atoms with Gasteiger partial charge in [0.15, 0.2) is 5.82 Å². The maximum atomic E-state index is 12.6. The van der Waals surface area contributed by atoms with Gasteiger partial charge in [0, 0.05) is 36.3 Å². The third-order valence-corrected chi connectivity index (χ3v) is 4.49. The first-order valence-corrected chi connectivity index (χ1v) is 8.73. The molecule has 3 rings (SSSR count). The summed E-state index contributed by atoms with van der Waals surface area (Å²) < 4.78 is 5.31. The van der Waals surface area contributed by atoms with Gasteiger partial charge in [-0.05, 0) is 25.8 Å². The van der Waals surface area contributed by atoms with Gasteiger partial charge < -0.3 is 14.7 Å². The number of amides is 2. The Morgan fingerprint density at radius 2 is 2.28 bits per heavy atom. The second kappa shape index (κ2) is 6.85. The van der Waals surface area contributed by atoms with E-state index in [9.17, 15) is 4.79 Å². The van der Waals surface area contributed by atoms with Gasteiger partial charge in [0.1, 0.15) is 6.04 Å². The molecule has 2 N–H and O–H groups in total. The van der Waals surface area contributed by atoms with Gasteiger partial charge in [-0.2, -0.15) is 10.1 Å². The summed E-state index contributed by atoms with van der Waals surface area (Å²) in [5, 5.41) is 14.0. The number of aromatic nitrogens is 4. The van der Waals surface area contributed by atoms with Crippen molar-refractivity contribution in [2.24, 2.45) is 0 Å². The summed E-state index contributed by atoms with van der Waals surface area (Å²) in [5.74, 6) is 1.37. The van der Waals surface area contributed by atoms with Crippen molar-refractivity contribution in [3.8, 4) is 0 Å². The van der Waals surface area contributed by atoms with Gasteiger partial charge in [-0.1, -0.05) is 25.9 Å². The third kappa shape index (κ3) is 4.00. The highest BCUT2D eigenvalue weighted by Gasteiger charge is 2.28. The lowest BCUT2D eigenvalue weighted by molar-refractivity contribution is 0.173. The average molecular weight is 346 g/mol. The van der Waals surface area contributed by atoms with E-state index in [1.54, 1.807) is 6.20 Å². The van der Waals surface area contributed by atoms with Crippen LogP contribution in [0.3, 0.4) is 0 Å². The highest BCUT2D eigenvalue weighted by atomic mass is 16.5. The topological polar surface area (TPSA) is 99.9 Å². The highest BCUT2D eigenvalue weighted by Crippen LogP contribution is 2.26. The van der Waals surface area contributed by atoms with E-state index in [2.05, 4.69) is 25.7 Å². The summed E-state index contributed by atoms with van der Waals surface area (Å²) in [6.45, 7) is 9.35. The molecule has 0 saturated carbocycles. The van der Waals surface area contributed by atoms with Crippen molar-refractivity contribution < 1.29 is 9.32 Å². The van der Waals surface area contributed by atoms with Crippen LogP contribution in [-0.2, 0) is 5.41 Å². The number of aromatic amines is 1. The quantitative estimate of drug-likeness (QED) is 0.890. The highest BCUT2D eigenvalue weighted by molar-refractivity contribution is 5.74. The van der Waals surface area contributed by atoms with E-state index in [1.807, 2.05) is 38.7 Å². The Balaban J connectivity index is 1.60. The Bertz CT molecular complexity index is 703. The Morgan fingerprint density at radius 1 is 1.48 bits per heavy atom. The zero-order valence-electron chi connectivity index (χ0n) is 15.2. The molecule has 25 heavy (non-hydrogen) atoms. The van der Waals surface area contributed by atoms with Crippen LogP contribution in [0.1, 0.15) is 69.9 Å². The molecule has 8 nitrogen and oxygen atoms in total. The van der Waals surface area contributed by atoms with Gasteiger partial charge >= 0.3 is 6.03 Å². The van der Waals surface area contributed by atoms with Crippen molar-refractivity contribution in [1.82, 2.24) is 30.6 Å². The predicted molar refractivity (Wildman–Crippen MR) is 92.1 cm³/mol. The fraction of sp³-hybridized carbons (Fsp3) is 0.647. The number of rotatable bonds is 3. The number of H-pyrrole nitrogens is 1. The van der Waals surface area contributed by atoms with Gasteiger partial charge in [0.05, 0.1) is 0 Å². The van der Waals surface area contributed by atoms with Crippen LogP contribution in [0.4, 0.5) is 4.79 Å². The second-order valence-corrected chi connectivity index (χ2v) is 7.67. The van der Waals surface area contributed by atoms with Crippen molar-refractivity contribution in [2.75, 3.05) is 13.1 Å². The fourth-order valence-corrected chi connectivity index (χ4v) is 2.96. The van der Waals surface area contributed by atoms with Crippen LogP contribution in [0, 0.1) is 0 Å². The van der Waals surface area contributed by atoms with Gasteiger partial charge in [-0.25, -0.2) is 4.79 Å². The smallest absolute Gasteiger partial charge is 0.318 e. The number of piperidine rings is 1. The maximum absolute atomic E-state index is 12.6. The van der Waals surface area contributed by atoms with E-state index in [1.165, 1.54) is 0 Å². The Labute approximate surface area is 147 Å². The summed E-state index contributed by atoms with van der Waals surface area (Å²) in [4.78, 5) is 18.9. The number of urea groups is 1. The molecule has 136 valence electrons. The van der Waals surface area contributed by atoms with E-state index in [0.717, 1.165) is 25.1 Å². The molecule has 1 aliphatic heterocycles. The number of carbonyl (C=O) groups is 1. The third-order valence-electron chi connectivity index (χ3n) is 4.49. The Hall–Kier alpha value is -2.38. The molecule has 1 saturated heterocycles. The molecule has 0 spiro atoms. The molecule has 3 heterocycles. The summed E-state index contributed by atoms with van der Waals surface area (Å²) >= 11 is 0. The maximum Gasteiger partial charge on any atom is 0.318 e. The molecule has 8 heteroatoms. The number of likely N-dealkylation sites (tertiary alicyclic amines) is 1. The average Bonchev–Trinajstić information content (AvgIpc) is 3.26. The molecular weight excluding hydrogens is 320 g/mol. The summed E-state index contributed by atoms with van der Waals surface area (Å²) in [6.07, 6.45) is 3.78. The fourth-order valence-electron chi connectivity index (χ4n) is 2.96. The second-order valence-electron chi connectivity index (χ2n) is 7.67. The van der Waals surface area contributed by atoms with E-state index in [-0.39, 0.29) is 17.5 Å². The van der Waals surface area contributed by atoms with Gasteiger partial charge in [0.2, 0.25) is 5.89 Å². The number of carbonyl (C=O) groups excluding carboxylic acids is 1. The van der Waals surface area contributed by atoms with E-state index in [4.69, 9.17) is 4.52 Å². The first kappa shape index (κ1) is 17.4. The van der Waals surface area contributed by atoms with Crippen LogP contribution in [0.15, 0.2) is 16.8 Å². The lowest BCUT2D eigenvalue weighted by Crippen LogP contribution is -2.45. The molecule has 2 atom stereocenters. The van der Waals surface area contributed by atoms with Crippen LogP contribution in [0.2, 0.25) is 0 Å². The molecule has 0 unspecified atom stereocenters. The van der Waals surface area contributed by atoms with E-state index in [0.29, 0.717) is 24.2 Å². The summed E-state index contributed by atoms with van der Waals surface area (Å²) in [7, 11) is 0. The zero-order valence-corrected chi connectivity index (χ0v) is 15.2. The van der Waals surface area contributed by atoms with Crippen molar-refractivity contribution in [2.45, 2.75) is 57.9 Å². The standard InChI is InChI=1S/C17H26N6O2/c1-11(14-20-15(22-25-14)17(2,3)4)19-16(24)23-9-5-6-12(10-23)13-7-8-18-21-13/h7-8,11-12H,5-6,9-10H2,1-4H3,(H,18,21)(H,19,24)/t11-,12+/m1/s1. The van der Waals surface area contributed by atoms with E-state index < -0.39 is 0 Å². The van der Waals surface area contributed by atoms with Crippen LogP contribution in [-0.4, -0.2) is 44.4 Å². The molecule has 0 bridgehead atoms. The molecular formula is C17H26N6O2. The number of nitrogens with one attached hydrogen (secondary N) is 2. The van der Waals surface area contributed by atoms with Gasteiger partial charge in [-0.15, -0.1) is 0 Å². The van der Waals surface area contributed by atoms with Crippen molar-refractivity contribution >= 4 is 6.03 Å². The molecule has 2 aromatic rings. The number of hydrogen-bond acceptors (Lipinski definition) is 5. The van der Waals surface area contributed by atoms with Crippen molar-refractivity contribution in [3.05, 3.63) is 29.7 Å². The normalized spacial score (nSPS) is 19.7. The molecule has 2 aromatic heterocycles. The Morgan fingerprint density at radius 3 is 2.92 bits per heavy atom. The molecule has 0 aromatic carbocycles. The van der Waals surface area contributed by atoms with E-state index >= 15 is 0 Å². The summed E-state index contributed by atoms with van der Waals surface area (Å²) in [6, 6.07) is 1.54. The lowest BCUT2D eigenvalue weighted by atomic mass is 9.95. The monoisotopic (exact) mass is 346 g/mol. The molecule has 1 aliphatic rings. The van der Waals surface area contributed by atoms with Crippen LogP contribution in [0.25, 0.3) is 0 Å². The minimum Gasteiger partial charge on any atom is -0.337 e. The lowest BCUT2D eigenvalue weighted by Gasteiger charge is -2.32. The largest absolute Gasteiger partial charge is 0.337 e. The first-order valence-electron chi connectivity index (χ1n) is 8.73.